The highest BCUT2D eigenvalue weighted by atomic mass is 16.1. The van der Waals surface area contributed by atoms with Gasteiger partial charge in [0, 0.05) is 24.9 Å². The van der Waals surface area contributed by atoms with Crippen molar-refractivity contribution >= 4 is 10.9 Å². The average molecular weight is 265 g/mol. The van der Waals surface area contributed by atoms with Gasteiger partial charge in [0.15, 0.2) is 0 Å². The molecule has 0 atom stereocenters. The molecule has 0 fully saturated rings. The summed E-state index contributed by atoms with van der Waals surface area (Å²) in [6.45, 7) is 2.63. The van der Waals surface area contributed by atoms with E-state index in [0.29, 0.717) is 11.9 Å². The van der Waals surface area contributed by atoms with E-state index < -0.39 is 0 Å². The molecule has 0 saturated heterocycles. The van der Waals surface area contributed by atoms with Gasteiger partial charge in [-0.1, -0.05) is 12.1 Å². The highest BCUT2D eigenvalue weighted by Crippen LogP contribution is 2.06. The van der Waals surface area contributed by atoms with Crippen molar-refractivity contribution in [1.82, 2.24) is 14.5 Å². The third-order valence-electron chi connectivity index (χ3n) is 3.31. The van der Waals surface area contributed by atoms with Crippen LogP contribution in [0.2, 0.25) is 0 Å². The van der Waals surface area contributed by atoms with Crippen LogP contribution in [0.15, 0.2) is 53.7 Å². The molecule has 20 heavy (non-hydrogen) atoms. The fraction of sp³-hybridized carbons (Fsp3) is 0.188. The van der Waals surface area contributed by atoms with E-state index in [0.717, 1.165) is 17.6 Å². The van der Waals surface area contributed by atoms with Gasteiger partial charge in [-0.25, -0.2) is 4.98 Å². The first kappa shape index (κ1) is 12.5. The summed E-state index contributed by atoms with van der Waals surface area (Å²) in [6.07, 6.45) is 4.13. The molecule has 0 N–H and O–H groups in total. The molecule has 1 aromatic carbocycles. The maximum atomic E-state index is 12.3. The van der Waals surface area contributed by atoms with E-state index in [1.54, 1.807) is 17.1 Å². The van der Waals surface area contributed by atoms with Crippen LogP contribution in [-0.4, -0.2) is 14.5 Å². The van der Waals surface area contributed by atoms with Gasteiger partial charge in [-0.15, -0.1) is 0 Å². The fourth-order valence-electron chi connectivity index (χ4n) is 2.24. The summed E-state index contributed by atoms with van der Waals surface area (Å²) in [7, 11) is 0. The minimum atomic E-state index is 0.00301. The van der Waals surface area contributed by atoms with Gasteiger partial charge in [0.05, 0.1) is 17.2 Å². The highest BCUT2D eigenvalue weighted by molar-refractivity contribution is 5.76. The summed E-state index contributed by atoms with van der Waals surface area (Å²) in [5.41, 5.74) is 2.91. The lowest BCUT2D eigenvalue weighted by Gasteiger charge is -2.06. The summed E-state index contributed by atoms with van der Waals surface area (Å²) >= 11 is 0. The molecule has 0 bridgehead atoms. The van der Waals surface area contributed by atoms with E-state index in [4.69, 9.17) is 0 Å². The number of aryl methyl sites for hydroxylation is 3. The van der Waals surface area contributed by atoms with Crippen molar-refractivity contribution in [2.24, 2.45) is 0 Å². The predicted octanol–water partition coefficient (Wildman–Crippen LogP) is 2.34. The van der Waals surface area contributed by atoms with Crippen molar-refractivity contribution in [2.75, 3.05) is 0 Å². The van der Waals surface area contributed by atoms with E-state index in [-0.39, 0.29) is 5.56 Å². The normalized spacial score (nSPS) is 10.8. The van der Waals surface area contributed by atoms with E-state index in [1.165, 1.54) is 5.56 Å². The zero-order valence-corrected chi connectivity index (χ0v) is 11.3. The summed E-state index contributed by atoms with van der Waals surface area (Å²) in [5.74, 6) is 0. The molecule has 0 aliphatic rings. The Hall–Kier alpha value is -2.49. The summed E-state index contributed by atoms with van der Waals surface area (Å²) in [6, 6.07) is 11.4. The average Bonchev–Trinajstić information content (AvgIpc) is 2.47. The van der Waals surface area contributed by atoms with Crippen LogP contribution in [0.4, 0.5) is 0 Å². The molecular formula is C16H15N3O. The van der Waals surface area contributed by atoms with Crippen molar-refractivity contribution in [1.29, 1.82) is 0 Å². The van der Waals surface area contributed by atoms with Crippen molar-refractivity contribution in [2.45, 2.75) is 19.9 Å². The standard InChI is InChI=1S/C16H15N3O/c1-12-6-8-17-13(10-12)7-9-19-11-18-15-5-3-2-4-14(15)16(19)20/h2-6,8,10-11H,7,9H2,1H3. The van der Waals surface area contributed by atoms with Gasteiger partial charge in [0.1, 0.15) is 0 Å². The molecule has 3 rings (SSSR count). The van der Waals surface area contributed by atoms with Crippen LogP contribution in [0.1, 0.15) is 11.3 Å². The second-order valence-corrected chi connectivity index (χ2v) is 4.83. The first-order chi connectivity index (χ1) is 9.74. The quantitative estimate of drug-likeness (QED) is 0.730. The molecule has 2 aromatic heterocycles. The fourth-order valence-corrected chi connectivity index (χ4v) is 2.24. The highest BCUT2D eigenvalue weighted by Gasteiger charge is 2.03. The Labute approximate surface area is 116 Å². The predicted molar refractivity (Wildman–Crippen MR) is 78.7 cm³/mol. The number of hydrogen-bond acceptors (Lipinski definition) is 3. The number of benzene rings is 1. The number of para-hydroxylation sites is 1. The van der Waals surface area contributed by atoms with Gasteiger partial charge in [0.25, 0.3) is 5.56 Å². The molecular weight excluding hydrogens is 250 g/mol. The van der Waals surface area contributed by atoms with Gasteiger partial charge < -0.3 is 0 Å². The minimum Gasteiger partial charge on any atom is -0.298 e. The van der Waals surface area contributed by atoms with Crippen molar-refractivity contribution < 1.29 is 0 Å². The number of aromatic nitrogens is 3. The van der Waals surface area contributed by atoms with Gasteiger partial charge in [-0.3, -0.25) is 14.3 Å². The number of rotatable bonds is 3. The first-order valence-electron chi connectivity index (χ1n) is 6.60. The van der Waals surface area contributed by atoms with Crippen molar-refractivity contribution in [3.8, 4) is 0 Å². The number of pyridine rings is 1. The smallest absolute Gasteiger partial charge is 0.261 e. The monoisotopic (exact) mass is 265 g/mol. The van der Waals surface area contributed by atoms with Crippen molar-refractivity contribution in [3.63, 3.8) is 0 Å². The molecule has 2 heterocycles. The van der Waals surface area contributed by atoms with Crippen LogP contribution in [0, 0.1) is 6.92 Å². The van der Waals surface area contributed by atoms with Crippen LogP contribution in [0.25, 0.3) is 10.9 Å². The third kappa shape index (κ3) is 2.45. The zero-order valence-electron chi connectivity index (χ0n) is 11.3. The summed E-state index contributed by atoms with van der Waals surface area (Å²) in [5, 5.41) is 0.659. The molecule has 0 spiro atoms. The Morgan fingerprint density at radius 3 is 2.85 bits per heavy atom. The molecule has 4 nitrogen and oxygen atoms in total. The van der Waals surface area contributed by atoms with E-state index in [2.05, 4.69) is 9.97 Å². The zero-order chi connectivity index (χ0) is 13.9. The molecule has 0 saturated carbocycles. The second kappa shape index (κ2) is 5.25. The van der Waals surface area contributed by atoms with E-state index >= 15 is 0 Å². The lowest BCUT2D eigenvalue weighted by molar-refractivity contribution is 0.654. The van der Waals surface area contributed by atoms with Crippen LogP contribution in [0.3, 0.4) is 0 Å². The molecule has 4 heteroatoms. The maximum Gasteiger partial charge on any atom is 0.261 e. The largest absolute Gasteiger partial charge is 0.298 e. The lowest BCUT2D eigenvalue weighted by Crippen LogP contribution is -2.21. The second-order valence-electron chi connectivity index (χ2n) is 4.83. The minimum absolute atomic E-state index is 0.00301. The van der Waals surface area contributed by atoms with E-state index in [1.807, 2.05) is 43.3 Å². The van der Waals surface area contributed by atoms with E-state index in [9.17, 15) is 4.79 Å². The number of nitrogens with zero attached hydrogens (tertiary/aromatic N) is 3. The molecule has 0 aliphatic carbocycles. The molecule has 0 aliphatic heterocycles. The van der Waals surface area contributed by atoms with Gasteiger partial charge in [0.2, 0.25) is 0 Å². The van der Waals surface area contributed by atoms with Crippen LogP contribution in [0.5, 0.6) is 0 Å². The Morgan fingerprint density at radius 1 is 1.15 bits per heavy atom. The first-order valence-corrected chi connectivity index (χ1v) is 6.60. The Balaban J connectivity index is 1.88. The Bertz CT molecular complexity index is 808. The van der Waals surface area contributed by atoms with Crippen LogP contribution in [-0.2, 0) is 13.0 Å². The number of hydrogen-bond donors (Lipinski definition) is 0. The third-order valence-corrected chi connectivity index (χ3v) is 3.31. The van der Waals surface area contributed by atoms with Gasteiger partial charge in [-0.05, 0) is 36.8 Å². The SMILES string of the molecule is Cc1ccnc(CCn2cnc3ccccc3c2=O)c1. The number of fused-ring (bicyclic) bond motifs is 1. The molecule has 100 valence electrons. The Morgan fingerprint density at radius 2 is 2.00 bits per heavy atom. The van der Waals surface area contributed by atoms with Crippen LogP contribution < -0.4 is 5.56 Å². The molecule has 0 amide bonds. The van der Waals surface area contributed by atoms with Gasteiger partial charge >= 0.3 is 0 Å². The van der Waals surface area contributed by atoms with Crippen LogP contribution >= 0.6 is 0 Å². The summed E-state index contributed by atoms with van der Waals surface area (Å²) < 4.78 is 1.65. The van der Waals surface area contributed by atoms with Gasteiger partial charge in [-0.2, -0.15) is 0 Å². The topological polar surface area (TPSA) is 47.8 Å². The lowest BCUT2D eigenvalue weighted by atomic mass is 10.2. The molecule has 0 unspecified atom stereocenters. The molecule has 3 aromatic rings. The maximum absolute atomic E-state index is 12.3. The molecule has 0 radical (unpaired) electrons. The summed E-state index contributed by atoms with van der Waals surface area (Å²) in [4.78, 5) is 20.9. The van der Waals surface area contributed by atoms with Crippen molar-refractivity contribution in [3.05, 3.63) is 70.5 Å². The Kier molecular flexibility index (Phi) is 3.29.